The van der Waals surface area contributed by atoms with E-state index in [1.54, 1.807) is 12.4 Å². The van der Waals surface area contributed by atoms with Crippen molar-refractivity contribution in [1.29, 1.82) is 0 Å². The second-order valence-corrected chi connectivity index (χ2v) is 4.83. The van der Waals surface area contributed by atoms with Crippen molar-refractivity contribution < 1.29 is 4.52 Å². The molecule has 0 aliphatic heterocycles. The molecule has 0 radical (unpaired) electrons. The Bertz CT molecular complexity index is 748. The van der Waals surface area contributed by atoms with Crippen LogP contribution in [-0.4, -0.2) is 10.1 Å². The quantitative estimate of drug-likeness (QED) is 0.768. The Morgan fingerprint density at radius 1 is 1.05 bits per heavy atom. The normalized spacial score (nSPS) is 10.7. The molecule has 0 unspecified atom stereocenters. The zero-order valence-corrected chi connectivity index (χ0v) is 11.4. The zero-order valence-electron chi connectivity index (χ0n) is 11.4. The molecule has 4 nitrogen and oxygen atoms in total. The van der Waals surface area contributed by atoms with E-state index in [9.17, 15) is 0 Å². The van der Waals surface area contributed by atoms with Gasteiger partial charge >= 0.3 is 0 Å². The third-order valence-electron chi connectivity index (χ3n) is 3.33. The van der Waals surface area contributed by atoms with Crippen molar-refractivity contribution in [2.45, 2.75) is 13.8 Å². The van der Waals surface area contributed by atoms with E-state index in [0.29, 0.717) is 11.6 Å². The first-order valence-corrected chi connectivity index (χ1v) is 6.40. The van der Waals surface area contributed by atoms with Crippen LogP contribution in [-0.2, 0) is 0 Å². The molecule has 2 heterocycles. The summed E-state index contributed by atoms with van der Waals surface area (Å²) in [5.74, 6) is 1.10. The van der Waals surface area contributed by atoms with E-state index in [1.807, 2.05) is 19.1 Å². The molecule has 3 aromatic rings. The Morgan fingerprint density at radius 2 is 1.80 bits per heavy atom. The summed E-state index contributed by atoms with van der Waals surface area (Å²) in [5.41, 5.74) is 11.1. The van der Waals surface area contributed by atoms with E-state index in [0.717, 1.165) is 22.3 Å². The molecular formula is C16H15N3O. The first kappa shape index (κ1) is 12.4. The maximum Gasteiger partial charge on any atom is 0.177 e. The number of aromatic nitrogens is 2. The van der Waals surface area contributed by atoms with Gasteiger partial charge in [-0.05, 0) is 43.2 Å². The molecule has 100 valence electrons. The number of anilines is 1. The Hall–Kier alpha value is -2.62. The lowest BCUT2D eigenvalue weighted by molar-refractivity contribution is 0.436. The van der Waals surface area contributed by atoms with Crippen LogP contribution in [0.5, 0.6) is 0 Å². The van der Waals surface area contributed by atoms with Gasteiger partial charge in [0.15, 0.2) is 11.6 Å². The summed E-state index contributed by atoms with van der Waals surface area (Å²) in [6, 6.07) is 10.0. The van der Waals surface area contributed by atoms with Crippen LogP contribution < -0.4 is 5.73 Å². The van der Waals surface area contributed by atoms with Crippen molar-refractivity contribution in [3.63, 3.8) is 0 Å². The number of nitrogens with zero attached hydrogens (tertiary/aromatic N) is 2. The summed E-state index contributed by atoms with van der Waals surface area (Å²) in [7, 11) is 0. The maximum atomic E-state index is 5.97. The number of aryl methyl sites for hydroxylation is 2. The van der Waals surface area contributed by atoms with Crippen molar-refractivity contribution in [3.05, 3.63) is 53.9 Å². The number of pyridine rings is 1. The van der Waals surface area contributed by atoms with Crippen molar-refractivity contribution in [3.8, 4) is 22.5 Å². The van der Waals surface area contributed by atoms with Crippen LogP contribution in [0.4, 0.5) is 5.82 Å². The molecule has 0 amide bonds. The number of nitrogens with two attached hydrogens (primary N) is 1. The van der Waals surface area contributed by atoms with Crippen molar-refractivity contribution in [2.75, 3.05) is 5.73 Å². The Labute approximate surface area is 117 Å². The van der Waals surface area contributed by atoms with Gasteiger partial charge < -0.3 is 10.3 Å². The van der Waals surface area contributed by atoms with Gasteiger partial charge in [-0.3, -0.25) is 4.98 Å². The topological polar surface area (TPSA) is 64.9 Å². The summed E-state index contributed by atoms with van der Waals surface area (Å²) < 4.78 is 5.48. The van der Waals surface area contributed by atoms with E-state index in [4.69, 9.17) is 10.3 Å². The smallest absolute Gasteiger partial charge is 0.177 e. The van der Waals surface area contributed by atoms with Crippen molar-refractivity contribution >= 4 is 5.82 Å². The molecule has 0 aliphatic rings. The molecule has 1 aromatic carbocycles. The van der Waals surface area contributed by atoms with Crippen LogP contribution in [0.2, 0.25) is 0 Å². The van der Waals surface area contributed by atoms with Gasteiger partial charge in [0.2, 0.25) is 0 Å². The fourth-order valence-corrected chi connectivity index (χ4v) is 2.26. The minimum absolute atomic E-state index is 0.395. The summed E-state index contributed by atoms with van der Waals surface area (Å²) in [4.78, 5) is 4.03. The van der Waals surface area contributed by atoms with Crippen LogP contribution in [0.25, 0.3) is 22.5 Å². The minimum Gasteiger partial charge on any atom is -0.380 e. The van der Waals surface area contributed by atoms with E-state index >= 15 is 0 Å². The molecule has 4 heteroatoms. The summed E-state index contributed by atoms with van der Waals surface area (Å²) in [6.45, 7) is 4.10. The van der Waals surface area contributed by atoms with Gasteiger partial charge in [-0.1, -0.05) is 22.9 Å². The number of hydrogen-bond acceptors (Lipinski definition) is 4. The van der Waals surface area contributed by atoms with Gasteiger partial charge in [0, 0.05) is 18.0 Å². The van der Waals surface area contributed by atoms with Gasteiger partial charge in [0.25, 0.3) is 0 Å². The average molecular weight is 265 g/mol. The molecular weight excluding hydrogens is 250 g/mol. The molecule has 3 rings (SSSR count). The first-order valence-electron chi connectivity index (χ1n) is 6.40. The third-order valence-corrected chi connectivity index (χ3v) is 3.33. The SMILES string of the molecule is Cc1ccc(C)c(-c2onc(N)c2-c2ccncc2)c1. The predicted octanol–water partition coefficient (Wildman–Crippen LogP) is 3.60. The van der Waals surface area contributed by atoms with E-state index in [1.165, 1.54) is 5.56 Å². The van der Waals surface area contributed by atoms with Crippen molar-refractivity contribution in [2.24, 2.45) is 0 Å². The van der Waals surface area contributed by atoms with E-state index in [2.05, 4.69) is 35.3 Å². The van der Waals surface area contributed by atoms with Crippen molar-refractivity contribution in [1.82, 2.24) is 10.1 Å². The molecule has 2 aromatic heterocycles. The van der Waals surface area contributed by atoms with Gasteiger partial charge in [0.05, 0.1) is 5.56 Å². The van der Waals surface area contributed by atoms with Gasteiger partial charge in [-0.25, -0.2) is 0 Å². The zero-order chi connectivity index (χ0) is 14.1. The summed E-state index contributed by atoms with van der Waals surface area (Å²) >= 11 is 0. The monoisotopic (exact) mass is 265 g/mol. The lowest BCUT2D eigenvalue weighted by Gasteiger charge is -2.06. The Kier molecular flexibility index (Phi) is 2.99. The lowest BCUT2D eigenvalue weighted by atomic mass is 9.98. The molecule has 0 spiro atoms. The molecule has 0 aliphatic carbocycles. The standard InChI is InChI=1S/C16H15N3O/c1-10-3-4-11(2)13(9-10)15-14(16(17)19-20-15)12-5-7-18-8-6-12/h3-9H,1-2H3,(H2,17,19). The second-order valence-electron chi connectivity index (χ2n) is 4.83. The number of hydrogen-bond donors (Lipinski definition) is 1. The van der Waals surface area contributed by atoms with E-state index < -0.39 is 0 Å². The highest BCUT2D eigenvalue weighted by Gasteiger charge is 2.18. The van der Waals surface area contributed by atoms with Crippen LogP contribution in [0.15, 0.2) is 47.2 Å². The van der Waals surface area contributed by atoms with E-state index in [-0.39, 0.29) is 0 Å². The van der Waals surface area contributed by atoms with Gasteiger partial charge in [-0.15, -0.1) is 0 Å². The summed E-state index contributed by atoms with van der Waals surface area (Å²) in [5, 5.41) is 3.92. The molecule has 20 heavy (non-hydrogen) atoms. The molecule has 0 saturated heterocycles. The van der Waals surface area contributed by atoms with Crippen LogP contribution in [0.1, 0.15) is 11.1 Å². The highest BCUT2D eigenvalue weighted by Crippen LogP contribution is 2.37. The average Bonchev–Trinajstić information content (AvgIpc) is 2.84. The second kappa shape index (κ2) is 4.81. The third kappa shape index (κ3) is 2.05. The molecule has 0 fully saturated rings. The van der Waals surface area contributed by atoms with Crippen LogP contribution in [0, 0.1) is 13.8 Å². The Balaban J connectivity index is 2.24. The fraction of sp³-hybridized carbons (Fsp3) is 0.125. The largest absolute Gasteiger partial charge is 0.380 e. The van der Waals surface area contributed by atoms with Gasteiger partial charge in [0.1, 0.15) is 0 Å². The summed E-state index contributed by atoms with van der Waals surface area (Å²) in [6.07, 6.45) is 3.46. The number of benzene rings is 1. The van der Waals surface area contributed by atoms with Gasteiger partial charge in [-0.2, -0.15) is 0 Å². The molecule has 0 saturated carbocycles. The number of nitrogen functional groups attached to an aromatic ring is 1. The number of rotatable bonds is 2. The molecule has 2 N–H and O–H groups in total. The van der Waals surface area contributed by atoms with Crippen LogP contribution >= 0.6 is 0 Å². The predicted molar refractivity (Wildman–Crippen MR) is 79.1 cm³/mol. The molecule has 0 atom stereocenters. The highest BCUT2D eigenvalue weighted by molar-refractivity contribution is 5.87. The Morgan fingerprint density at radius 3 is 2.55 bits per heavy atom. The minimum atomic E-state index is 0.395. The molecule has 0 bridgehead atoms. The first-order chi connectivity index (χ1) is 9.66. The lowest BCUT2D eigenvalue weighted by Crippen LogP contribution is -1.90. The maximum absolute atomic E-state index is 5.97. The van der Waals surface area contributed by atoms with Crippen LogP contribution in [0.3, 0.4) is 0 Å². The highest BCUT2D eigenvalue weighted by atomic mass is 16.5. The fourth-order valence-electron chi connectivity index (χ4n) is 2.26.